The summed E-state index contributed by atoms with van der Waals surface area (Å²) in [5.41, 5.74) is 2.97. The maximum Gasteiger partial charge on any atom is 0.251 e. The SMILES string of the molecule is CNC(=O)c1ccc(F)c(-c2cc(-c3cnnc4c3ncn4C3CC3)ccc2F)c1. The average Bonchev–Trinajstić information content (AvgIpc) is 3.52. The minimum absolute atomic E-state index is 0.0113. The predicted octanol–water partition coefficient (Wildman–Crippen LogP) is 4.13. The highest BCUT2D eigenvalue weighted by Crippen LogP contribution is 2.38. The van der Waals surface area contributed by atoms with Gasteiger partial charge in [-0.15, -0.1) is 5.10 Å². The van der Waals surface area contributed by atoms with Crippen LogP contribution in [0, 0.1) is 11.6 Å². The van der Waals surface area contributed by atoms with E-state index in [2.05, 4.69) is 20.5 Å². The van der Waals surface area contributed by atoms with Gasteiger partial charge in [0.25, 0.3) is 5.91 Å². The fourth-order valence-corrected chi connectivity index (χ4v) is 3.59. The van der Waals surface area contributed by atoms with Crippen LogP contribution in [0.4, 0.5) is 8.78 Å². The van der Waals surface area contributed by atoms with E-state index in [1.165, 1.54) is 25.2 Å². The van der Waals surface area contributed by atoms with Crippen molar-refractivity contribution in [1.29, 1.82) is 0 Å². The Bertz CT molecular complexity index is 1300. The van der Waals surface area contributed by atoms with Crippen molar-refractivity contribution < 1.29 is 13.6 Å². The van der Waals surface area contributed by atoms with E-state index in [0.29, 0.717) is 28.3 Å². The van der Waals surface area contributed by atoms with Crippen molar-refractivity contribution >= 4 is 17.1 Å². The predicted molar refractivity (Wildman–Crippen MR) is 108 cm³/mol. The molecule has 1 saturated carbocycles. The van der Waals surface area contributed by atoms with Gasteiger partial charge >= 0.3 is 0 Å². The summed E-state index contributed by atoms with van der Waals surface area (Å²) in [6.45, 7) is 0. The number of benzene rings is 2. The van der Waals surface area contributed by atoms with Gasteiger partial charge in [-0.25, -0.2) is 13.8 Å². The summed E-state index contributed by atoms with van der Waals surface area (Å²) in [5.74, 6) is -1.58. The Morgan fingerprint density at radius 2 is 1.80 bits per heavy atom. The number of carbonyl (C=O) groups is 1. The van der Waals surface area contributed by atoms with E-state index >= 15 is 0 Å². The van der Waals surface area contributed by atoms with Crippen LogP contribution in [0.5, 0.6) is 0 Å². The van der Waals surface area contributed by atoms with Crippen LogP contribution in [0.3, 0.4) is 0 Å². The number of fused-ring (bicyclic) bond motifs is 1. The van der Waals surface area contributed by atoms with Gasteiger partial charge in [-0.3, -0.25) is 4.79 Å². The van der Waals surface area contributed by atoms with E-state index in [-0.39, 0.29) is 22.6 Å². The van der Waals surface area contributed by atoms with Crippen molar-refractivity contribution in [3.8, 4) is 22.3 Å². The van der Waals surface area contributed by atoms with Gasteiger partial charge in [-0.1, -0.05) is 6.07 Å². The molecule has 1 aliphatic rings. The van der Waals surface area contributed by atoms with Gasteiger partial charge in [0.1, 0.15) is 17.2 Å². The van der Waals surface area contributed by atoms with Gasteiger partial charge in [-0.2, -0.15) is 5.10 Å². The first-order valence-electron chi connectivity index (χ1n) is 9.57. The third kappa shape index (κ3) is 3.01. The lowest BCUT2D eigenvalue weighted by atomic mass is 9.97. The minimum atomic E-state index is -0.616. The Morgan fingerprint density at radius 1 is 1.07 bits per heavy atom. The Kier molecular flexibility index (Phi) is 4.27. The molecule has 5 rings (SSSR count). The molecule has 4 aromatic rings. The number of nitrogens with one attached hydrogen (secondary N) is 1. The molecule has 30 heavy (non-hydrogen) atoms. The molecular formula is C22H17F2N5O. The molecule has 0 aliphatic heterocycles. The highest BCUT2D eigenvalue weighted by atomic mass is 19.1. The van der Waals surface area contributed by atoms with Gasteiger partial charge in [0, 0.05) is 35.3 Å². The van der Waals surface area contributed by atoms with E-state index in [0.717, 1.165) is 18.9 Å². The number of aromatic nitrogens is 4. The Hall–Kier alpha value is -3.68. The molecule has 0 unspecified atom stereocenters. The molecule has 6 nitrogen and oxygen atoms in total. The Balaban J connectivity index is 1.65. The number of nitrogens with zero attached hydrogens (tertiary/aromatic N) is 4. The topological polar surface area (TPSA) is 72.7 Å². The van der Waals surface area contributed by atoms with E-state index in [1.54, 1.807) is 24.7 Å². The van der Waals surface area contributed by atoms with Gasteiger partial charge < -0.3 is 9.88 Å². The number of rotatable bonds is 4. The van der Waals surface area contributed by atoms with E-state index in [4.69, 9.17) is 0 Å². The summed E-state index contributed by atoms with van der Waals surface area (Å²) in [7, 11) is 1.48. The minimum Gasteiger partial charge on any atom is -0.355 e. The van der Waals surface area contributed by atoms with Crippen molar-refractivity contribution in [2.75, 3.05) is 7.05 Å². The van der Waals surface area contributed by atoms with Crippen molar-refractivity contribution in [1.82, 2.24) is 25.1 Å². The van der Waals surface area contributed by atoms with E-state index in [1.807, 2.05) is 4.57 Å². The number of amides is 1. The lowest BCUT2D eigenvalue weighted by Crippen LogP contribution is -2.17. The fraction of sp³-hybridized carbons (Fsp3) is 0.182. The molecule has 150 valence electrons. The second kappa shape index (κ2) is 6.98. The van der Waals surface area contributed by atoms with E-state index in [9.17, 15) is 13.6 Å². The van der Waals surface area contributed by atoms with Crippen LogP contribution in [-0.4, -0.2) is 32.7 Å². The second-order valence-electron chi connectivity index (χ2n) is 7.28. The monoisotopic (exact) mass is 405 g/mol. The second-order valence-corrected chi connectivity index (χ2v) is 7.28. The van der Waals surface area contributed by atoms with Crippen LogP contribution >= 0.6 is 0 Å². The van der Waals surface area contributed by atoms with Crippen molar-refractivity contribution in [2.24, 2.45) is 0 Å². The van der Waals surface area contributed by atoms with Crippen LogP contribution < -0.4 is 5.32 Å². The number of hydrogen-bond donors (Lipinski definition) is 1. The molecule has 1 N–H and O–H groups in total. The smallest absolute Gasteiger partial charge is 0.251 e. The zero-order chi connectivity index (χ0) is 20.8. The molecule has 0 bridgehead atoms. The number of hydrogen-bond acceptors (Lipinski definition) is 4. The third-order valence-electron chi connectivity index (χ3n) is 5.33. The summed E-state index contributed by atoms with van der Waals surface area (Å²) in [5, 5.41) is 10.8. The average molecular weight is 405 g/mol. The molecule has 0 atom stereocenters. The summed E-state index contributed by atoms with van der Waals surface area (Å²) >= 11 is 0. The molecule has 1 aliphatic carbocycles. The van der Waals surface area contributed by atoms with Gasteiger partial charge in [0.15, 0.2) is 5.65 Å². The first-order valence-corrected chi connectivity index (χ1v) is 9.57. The van der Waals surface area contributed by atoms with Crippen LogP contribution in [0.15, 0.2) is 48.9 Å². The van der Waals surface area contributed by atoms with Gasteiger partial charge in [-0.05, 0) is 48.7 Å². The van der Waals surface area contributed by atoms with Crippen LogP contribution in [0.2, 0.25) is 0 Å². The fourth-order valence-electron chi connectivity index (χ4n) is 3.59. The zero-order valence-corrected chi connectivity index (χ0v) is 16.1. The molecule has 2 aromatic heterocycles. The lowest BCUT2D eigenvalue weighted by Gasteiger charge is -2.10. The Labute approximate surface area is 170 Å². The lowest BCUT2D eigenvalue weighted by molar-refractivity contribution is 0.0963. The van der Waals surface area contributed by atoms with Crippen molar-refractivity contribution in [3.05, 3.63) is 66.1 Å². The molecule has 2 heterocycles. The largest absolute Gasteiger partial charge is 0.355 e. The van der Waals surface area contributed by atoms with Crippen molar-refractivity contribution in [2.45, 2.75) is 18.9 Å². The maximum atomic E-state index is 14.7. The zero-order valence-electron chi connectivity index (χ0n) is 16.1. The maximum absolute atomic E-state index is 14.7. The van der Waals surface area contributed by atoms with Gasteiger partial charge in [0.2, 0.25) is 0 Å². The van der Waals surface area contributed by atoms with E-state index < -0.39 is 11.6 Å². The van der Waals surface area contributed by atoms with Gasteiger partial charge in [0.05, 0.1) is 12.5 Å². The number of halogens is 2. The molecule has 1 amide bonds. The molecule has 1 fully saturated rings. The normalized spacial score (nSPS) is 13.6. The third-order valence-corrected chi connectivity index (χ3v) is 5.33. The first-order chi connectivity index (χ1) is 14.6. The highest BCUT2D eigenvalue weighted by Gasteiger charge is 2.26. The standard InChI is InChI=1S/C22H17F2N5O/c1-25-22(30)13-3-7-19(24)16(9-13)15-8-12(2-6-18(15)23)17-10-27-28-21-20(17)26-11-29(21)14-4-5-14/h2-3,6-11,14H,4-5H2,1H3,(H,25,30). The summed E-state index contributed by atoms with van der Waals surface area (Å²) < 4.78 is 31.2. The molecule has 8 heteroatoms. The summed E-state index contributed by atoms with van der Waals surface area (Å²) in [6.07, 6.45) is 5.48. The number of imidazole rings is 1. The molecule has 0 spiro atoms. The molecule has 0 saturated heterocycles. The van der Waals surface area contributed by atoms with Crippen molar-refractivity contribution in [3.63, 3.8) is 0 Å². The summed E-state index contributed by atoms with van der Waals surface area (Å²) in [4.78, 5) is 16.4. The molecular weight excluding hydrogens is 388 g/mol. The Morgan fingerprint density at radius 3 is 2.53 bits per heavy atom. The molecule has 0 radical (unpaired) electrons. The van der Waals surface area contributed by atoms with Crippen LogP contribution in [-0.2, 0) is 0 Å². The quantitative estimate of drug-likeness (QED) is 0.554. The number of carbonyl (C=O) groups excluding carboxylic acids is 1. The van der Waals surface area contributed by atoms with Crippen LogP contribution in [0.1, 0.15) is 29.2 Å². The summed E-state index contributed by atoms with van der Waals surface area (Å²) in [6, 6.07) is 8.69. The van der Waals surface area contributed by atoms with Crippen LogP contribution in [0.25, 0.3) is 33.4 Å². The highest BCUT2D eigenvalue weighted by molar-refractivity contribution is 5.95. The molecule has 2 aromatic carbocycles. The first kappa shape index (κ1) is 18.4.